The van der Waals surface area contributed by atoms with E-state index in [2.05, 4.69) is 16.7 Å². The Hall–Kier alpha value is -3.67. The lowest BCUT2D eigenvalue weighted by molar-refractivity contribution is -0.120. The van der Waals surface area contributed by atoms with Crippen LogP contribution in [0, 0.1) is 5.82 Å². The maximum Gasteiger partial charge on any atom is 0.326 e. The predicted octanol–water partition coefficient (Wildman–Crippen LogP) is 5.06. The Kier molecular flexibility index (Phi) is 6.80. The van der Waals surface area contributed by atoms with Crippen LogP contribution in [-0.2, 0) is 24.2 Å². The van der Waals surface area contributed by atoms with E-state index >= 15 is 0 Å². The minimum Gasteiger partial charge on any atom is -0.352 e. The third-order valence-corrected chi connectivity index (χ3v) is 5.61. The normalized spacial score (nSPS) is 13.1. The average Bonchev–Trinajstić information content (AvgIpc) is 3.02. The number of anilines is 2. The number of hydrogen-bond acceptors (Lipinski definition) is 2. The number of rotatable bonds is 5. The lowest BCUT2D eigenvalue weighted by Gasteiger charge is -2.23. The van der Waals surface area contributed by atoms with E-state index in [1.807, 2.05) is 30.3 Å². The second-order valence-corrected chi connectivity index (χ2v) is 7.91. The second-order valence-electron chi connectivity index (χ2n) is 7.91. The number of nitrogens with one attached hydrogen (secondary N) is 2. The molecule has 3 aromatic carbocycles. The number of amides is 3. The number of fused-ring (bicyclic) bond motifs is 1. The molecule has 2 N–H and O–H groups in total. The van der Waals surface area contributed by atoms with Gasteiger partial charge in [-0.3, -0.25) is 9.69 Å². The van der Waals surface area contributed by atoms with E-state index in [-0.39, 0.29) is 30.7 Å². The van der Waals surface area contributed by atoms with Gasteiger partial charge in [-0.05, 0) is 54.7 Å². The van der Waals surface area contributed by atoms with Crippen molar-refractivity contribution in [2.45, 2.75) is 32.2 Å². The fourth-order valence-corrected chi connectivity index (χ4v) is 3.88. The van der Waals surface area contributed by atoms with Crippen LogP contribution in [0.3, 0.4) is 0 Å². The number of benzene rings is 3. The SMILES string of the molecule is O=C(Cc1ccc(NC(=O)N2CCCCc3ccccc32)cc1)NCc1ccccc1F. The van der Waals surface area contributed by atoms with E-state index in [1.165, 1.54) is 11.6 Å². The van der Waals surface area contributed by atoms with Crippen molar-refractivity contribution in [2.75, 3.05) is 16.8 Å². The number of carbonyl (C=O) groups is 2. The predicted molar refractivity (Wildman–Crippen MR) is 124 cm³/mol. The van der Waals surface area contributed by atoms with Crippen LogP contribution in [-0.4, -0.2) is 18.5 Å². The summed E-state index contributed by atoms with van der Waals surface area (Å²) in [6.45, 7) is 0.833. The third-order valence-electron chi connectivity index (χ3n) is 5.61. The highest BCUT2D eigenvalue weighted by molar-refractivity contribution is 6.02. The van der Waals surface area contributed by atoms with Crippen molar-refractivity contribution in [1.82, 2.24) is 5.32 Å². The minimum absolute atomic E-state index is 0.150. The van der Waals surface area contributed by atoms with Gasteiger partial charge in [-0.15, -0.1) is 0 Å². The van der Waals surface area contributed by atoms with Crippen LogP contribution in [0.5, 0.6) is 0 Å². The maximum absolute atomic E-state index is 13.7. The summed E-state index contributed by atoms with van der Waals surface area (Å²) in [5.74, 6) is -0.522. The summed E-state index contributed by atoms with van der Waals surface area (Å²) in [7, 11) is 0. The molecule has 0 bridgehead atoms. The highest BCUT2D eigenvalue weighted by Crippen LogP contribution is 2.26. The van der Waals surface area contributed by atoms with Crippen LogP contribution >= 0.6 is 0 Å². The Morgan fingerprint density at radius 3 is 2.47 bits per heavy atom. The van der Waals surface area contributed by atoms with Gasteiger partial charge in [-0.2, -0.15) is 0 Å². The van der Waals surface area contributed by atoms with E-state index in [9.17, 15) is 14.0 Å². The van der Waals surface area contributed by atoms with Gasteiger partial charge in [0, 0.05) is 30.0 Å². The number of halogens is 1. The van der Waals surface area contributed by atoms with Crippen molar-refractivity contribution in [3.05, 3.63) is 95.3 Å². The average molecular weight is 432 g/mol. The lowest BCUT2D eigenvalue weighted by atomic mass is 10.1. The summed E-state index contributed by atoms with van der Waals surface area (Å²) in [5, 5.41) is 5.70. The molecular formula is C26H26FN3O2. The molecule has 0 unspecified atom stereocenters. The molecule has 5 nitrogen and oxygen atoms in total. The first kappa shape index (κ1) is 21.6. The zero-order valence-corrected chi connectivity index (χ0v) is 17.8. The van der Waals surface area contributed by atoms with Crippen LogP contribution in [0.2, 0.25) is 0 Å². The molecule has 1 aliphatic heterocycles. The molecule has 0 fully saturated rings. The molecule has 1 aliphatic rings. The van der Waals surface area contributed by atoms with Gasteiger partial charge in [0.25, 0.3) is 0 Å². The van der Waals surface area contributed by atoms with Gasteiger partial charge in [-0.25, -0.2) is 9.18 Å². The number of aryl methyl sites for hydroxylation is 1. The molecule has 1 heterocycles. The Morgan fingerprint density at radius 1 is 0.906 bits per heavy atom. The fraction of sp³-hybridized carbons (Fsp3) is 0.231. The van der Waals surface area contributed by atoms with Crippen molar-refractivity contribution in [1.29, 1.82) is 0 Å². The molecule has 0 spiro atoms. The molecule has 0 saturated carbocycles. The fourth-order valence-electron chi connectivity index (χ4n) is 3.88. The molecule has 3 aromatic rings. The van der Waals surface area contributed by atoms with Gasteiger partial charge in [0.1, 0.15) is 5.82 Å². The van der Waals surface area contributed by atoms with Crippen molar-refractivity contribution in [2.24, 2.45) is 0 Å². The molecule has 0 atom stereocenters. The third kappa shape index (κ3) is 5.32. The van der Waals surface area contributed by atoms with Gasteiger partial charge in [0.2, 0.25) is 5.91 Å². The molecule has 3 amide bonds. The van der Waals surface area contributed by atoms with Gasteiger partial charge < -0.3 is 10.6 Å². The number of para-hydroxylation sites is 1. The van der Waals surface area contributed by atoms with E-state index < -0.39 is 0 Å². The van der Waals surface area contributed by atoms with E-state index in [4.69, 9.17) is 0 Å². The Balaban J connectivity index is 1.33. The second kappa shape index (κ2) is 10.1. The van der Waals surface area contributed by atoms with Gasteiger partial charge >= 0.3 is 6.03 Å². The van der Waals surface area contributed by atoms with Gasteiger partial charge in [0.05, 0.1) is 6.42 Å². The first-order chi connectivity index (χ1) is 15.6. The van der Waals surface area contributed by atoms with Crippen LogP contribution in [0.1, 0.15) is 29.5 Å². The molecule has 0 aromatic heterocycles. The summed E-state index contributed by atoms with van der Waals surface area (Å²) in [5.41, 5.74) is 4.10. The summed E-state index contributed by atoms with van der Waals surface area (Å²) in [4.78, 5) is 26.9. The number of carbonyl (C=O) groups excluding carboxylic acids is 2. The van der Waals surface area contributed by atoms with Gasteiger partial charge in [0.15, 0.2) is 0 Å². The van der Waals surface area contributed by atoms with Crippen LogP contribution in [0.25, 0.3) is 0 Å². The molecule has 32 heavy (non-hydrogen) atoms. The molecule has 164 valence electrons. The standard InChI is InChI=1S/C26H26FN3O2/c27-23-10-3-1-9-21(23)18-28-25(31)17-19-12-14-22(15-13-19)29-26(32)30-16-6-5-8-20-7-2-4-11-24(20)30/h1-4,7,9-15H,5-6,8,16-18H2,(H,28,31)(H,29,32). The summed E-state index contributed by atoms with van der Waals surface area (Å²) >= 11 is 0. The highest BCUT2D eigenvalue weighted by atomic mass is 19.1. The number of hydrogen-bond donors (Lipinski definition) is 2. The Labute approximate surface area is 187 Å². The van der Waals surface area contributed by atoms with Crippen molar-refractivity contribution in [3.63, 3.8) is 0 Å². The Morgan fingerprint density at radius 2 is 1.66 bits per heavy atom. The van der Waals surface area contributed by atoms with E-state index in [0.717, 1.165) is 30.5 Å². The van der Waals surface area contributed by atoms with Crippen LogP contribution < -0.4 is 15.5 Å². The molecule has 0 saturated heterocycles. The molecule has 0 radical (unpaired) electrons. The summed E-state index contributed by atoms with van der Waals surface area (Å²) < 4.78 is 13.7. The smallest absolute Gasteiger partial charge is 0.326 e. The minimum atomic E-state index is -0.333. The molecular weight excluding hydrogens is 405 g/mol. The molecule has 4 rings (SSSR count). The monoisotopic (exact) mass is 431 g/mol. The van der Waals surface area contributed by atoms with Gasteiger partial charge in [-0.1, -0.05) is 48.5 Å². The zero-order valence-electron chi connectivity index (χ0n) is 17.8. The molecule has 0 aliphatic carbocycles. The zero-order chi connectivity index (χ0) is 22.3. The van der Waals surface area contributed by atoms with E-state index in [0.29, 0.717) is 17.8 Å². The maximum atomic E-state index is 13.7. The molecule has 6 heteroatoms. The van der Waals surface area contributed by atoms with Crippen molar-refractivity contribution >= 4 is 23.3 Å². The first-order valence-corrected chi connectivity index (χ1v) is 10.9. The summed E-state index contributed by atoms with van der Waals surface area (Å²) in [6, 6.07) is 21.5. The van der Waals surface area contributed by atoms with Crippen molar-refractivity contribution in [3.8, 4) is 0 Å². The topological polar surface area (TPSA) is 61.4 Å². The van der Waals surface area contributed by atoms with Crippen molar-refractivity contribution < 1.29 is 14.0 Å². The van der Waals surface area contributed by atoms with Crippen LogP contribution in [0.15, 0.2) is 72.8 Å². The lowest BCUT2D eigenvalue weighted by Crippen LogP contribution is -2.35. The van der Waals surface area contributed by atoms with E-state index in [1.54, 1.807) is 35.2 Å². The number of urea groups is 1. The first-order valence-electron chi connectivity index (χ1n) is 10.9. The summed E-state index contributed by atoms with van der Waals surface area (Å²) in [6.07, 6.45) is 3.19. The number of nitrogens with zero attached hydrogens (tertiary/aromatic N) is 1. The van der Waals surface area contributed by atoms with Crippen LogP contribution in [0.4, 0.5) is 20.6 Å². The largest absolute Gasteiger partial charge is 0.352 e. The Bertz CT molecular complexity index is 1100. The quantitative estimate of drug-likeness (QED) is 0.593. The highest BCUT2D eigenvalue weighted by Gasteiger charge is 2.20.